The van der Waals surface area contributed by atoms with Crippen molar-refractivity contribution < 1.29 is 24.2 Å². The van der Waals surface area contributed by atoms with Crippen LogP contribution in [0.3, 0.4) is 0 Å². The van der Waals surface area contributed by atoms with E-state index < -0.39 is 11.9 Å². The monoisotopic (exact) mass is 484 g/mol. The molecule has 0 aromatic heterocycles. The van der Waals surface area contributed by atoms with Crippen molar-refractivity contribution in [2.75, 3.05) is 13.7 Å². The van der Waals surface area contributed by atoms with Gasteiger partial charge in [-0.15, -0.1) is 0 Å². The first-order valence-corrected chi connectivity index (χ1v) is 11.8. The Hall–Kier alpha value is -4.31. The van der Waals surface area contributed by atoms with E-state index in [1.165, 1.54) is 24.7 Å². The number of oxime groups is 1. The van der Waals surface area contributed by atoms with Gasteiger partial charge in [-0.1, -0.05) is 41.6 Å². The zero-order valence-corrected chi connectivity index (χ0v) is 20.1. The Kier molecular flexibility index (Phi) is 8.20. The average molecular weight is 485 g/mol. The van der Waals surface area contributed by atoms with Gasteiger partial charge in [0.1, 0.15) is 37.5 Å². The fraction of sp³-hybridized carbons (Fsp3) is 0.276. The van der Waals surface area contributed by atoms with Crippen LogP contribution in [0.4, 0.5) is 0 Å². The molecule has 1 N–H and O–H groups in total. The number of nitriles is 1. The van der Waals surface area contributed by atoms with Crippen LogP contribution in [0.15, 0.2) is 71.9 Å². The van der Waals surface area contributed by atoms with Crippen LogP contribution >= 0.6 is 0 Å². The first kappa shape index (κ1) is 24.8. The van der Waals surface area contributed by atoms with Crippen molar-refractivity contribution in [3.63, 3.8) is 0 Å². The molecule has 0 fully saturated rings. The van der Waals surface area contributed by atoms with Crippen molar-refractivity contribution in [1.82, 2.24) is 0 Å². The predicted molar refractivity (Wildman–Crippen MR) is 135 cm³/mol. The van der Waals surface area contributed by atoms with E-state index in [-0.39, 0.29) is 6.42 Å². The van der Waals surface area contributed by atoms with Crippen molar-refractivity contribution in [2.24, 2.45) is 5.16 Å². The molecule has 0 radical (unpaired) electrons. The third kappa shape index (κ3) is 6.42. The van der Waals surface area contributed by atoms with E-state index in [0.717, 1.165) is 29.7 Å². The lowest BCUT2D eigenvalue weighted by atomic mass is 9.97. The number of fused-ring (bicyclic) bond motifs is 1. The smallest absolute Gasteiger partial charge is 0.305 e. The summed E-state index contributed by atoms with van der Waals surface area (Å²) in [6.45, 7) is 0.655. The minimum atomic E-state index is -1.00. The summed E-state index contributed by atoms with van der Waals surface area (Å²) in [6, 6.07) is 23.0. The molecule has 0 bridgehead atoms. The van der Waals surface area contributed by atoms with Crippen molar-refractivity contribution in [1.29, 1.82) is 5.26 Å². The van der Waals surface area contributed by atoms with E-state index in [0.29, 0.717) is 30.3 Å². The maximum absolute atomic E-state index is 10.9. The number of carboxylic acids is 1. The predicted octanol–water partition coefficient (Wildman–Crippen LogP) is 5.27. The number of carbonyl (C=O) groups is 1. The molecule has 184 valence electrons. The highest BCUT2D eigenvalue weighted by Gasteiger charge is 2.15. The van der Waals surface area contributed by atoms with Crippen molar-refractivity contribution >= 4 is 11.7 Å². The van der Waals surface area contributed by atoms with Crippen molar-refractivity contribution in [3.8, 4) is 17.6 Å². The molecule has 3 aromatic carbocycles. The molecule has 4 rings (SSSR count). The lowest BCUT2D eigenvalue weighted by Gasteiger charge is -2.12. The van der Waals surface area contributed by atoms with E-state index in [1.54, 1.807) is 24.3 Å². The molecule has 0 saturated heterocycles. The molecule has 7 heteroatoms. The maximum Gasteiger partial charge on any atom is 0.305 e. The summed E-state index contributed by atoms with van der Waals surface area (Å²) in [7, 11) is 1.54. The molecule has 1 atom stereocenters. The summed E-state index contributed by atoms with van der Waals surface area (Å²) in [5.41, 5.74) is 6.17. The second-order valence-electron chi connectivity index (χ2n) is 8.63. The molecular weight excluding hydrogens is 456 g/mol. The van der Waals surface area contributed by atoms with Gasteiger partial charge in [0.05, 0.1) is 18.4 Å². The molecule has 1 aliphatic rings. The van der Waals surface area contributed by atoms with Gasteiger partial charge in [0.25, 0.3) is 0 Å². The number of benzene rings is 3. The molecule has 7 nitrogen and oxygen atoms in total. The number of ether oxygens (including phenoxy) is 2. The van der Waals surface area contributed by atoms with Crippen LogP contribution in [-0.2, 0) is 29.1 Å². The first-order valence-electron chi connectivity index (χ1n) is 11.8. The van der Waals surface area contributed by atoms with E-state index >= 15 is 0 Å². The number of hydrogen-bond acceptors (Lipinski definition) is 6. The summed E-state index contributed by atoms with van der Waals surface area (Å²) in [5, 5.41) is 22.3. The second kappa shape index (κ2) is 11.9. The van der Waals surface area contributed by atoms with Gasteiger partial charge in [-0.3, -0.25) is 4.79 Å². The Balaban J connectivity index is 1.31. The summed E-state index contributed by atoms with van der Waals surface area (Å²) in [6.07, 6.45) is 3.21. The fourth-order valence-electron chi connectivity index (χ4n) is 4.23. The lowest BCUT2D eigenvalue weighted by molar-refractivity contribution is -0.137. The highest BCUT2D eigenvalue weighted by atomic mass is 16.6. The Bertz CT molecular complexity index is 1260. The zero-order valence-electron chi connectivity index (χ0n) is 20.1. The molecule has 36 heavy (non-hydrogen) atoms. The normalized spacial score (nSPS) is 13.4. The van der Waals surface area contributed by atoms with Gasteiger partial charge in [-0.2, -0.15) is 5.26 Å². The highest BCUT2D eigenvalue weighted by molar-refractivity contribution is 6.01. The van der Waals surface area contributed by atoms with Crippen molar-refractivity contribution in [2.45, 2.75) is 38.2 Å². The topological polar surface area (TPSA) is 101 Å². The molecule has 0 spiro atoms. The second-order valence-corrected chi connectivity index (χ2v) is 8.63. The van der Waals surface area contributed by atoms with Gasteiger partial charge in [-0.25, -0.2) is 0 Å². The third-order valence-electron chi connectivity index (χ3n) is 6.15. The molecule has 0 heterocycles. The standard InChI is InChI=1S/C29H28N2O5/c1-34-31-28(24-8-7-21-3-2-4-23(21)15-24)19-36-26-11-5-20(6-12-26)18-35-27-13-9-22(10-14-27)25(17-30)16-29(32)33/h5-15,25H,2-4,16,18-19H2,1H3,(H,32,33). The Labute approximate surface area is 210 Å². The van der Waals surface area contributed by atoms with Crippen LogP contribution in [0, 0.1) is 11.3 Å². The van der Waals surface area contributed by atoms with Crippen LogP contribution in [0.1, 0.15) is 46.6 Å². The number of aryl methyl sites for hydroxylation is 2. The molecule has 0 saturated carbocycles. The number of nitrogens with zero attached hydrogens (tertiary/aromatic N) is 2. The largest absolute Gasteiger partial charge is 0.489 e. The average Bonchev–Trinajstić information content (AvgIpc) is 3.37. The summed E-state index contributed by atoms with van der Waals surface area (Å²) < 4.78 is 11.8. The third-order valence-corrected chi connectivity index (χ3v) is 6.15. The Morgan fingerprint density at radius 3 is 2.39 bits per heavy atom. The quantitative estimate of drug-likeness (QED) is 0.294. The molecule has 0 aliphatic heterocycles. The maximum atomic E-state index is 10.9. The van der Waals surface area contributed by atoms with Crippen LogP contribution in [-0.4, -0.2) is 30.5 Å². The molecule has 1 unspecified atom stereocenters. The van der Waals surface area contributed by atoms with Gasteiger partial charge < -0.3 is 19.4 Å². The minimum absolute atomic E-state index is 0.225. The van der Waals surface area contributed by atoms with Crippen molar-refractivity contribution in [3.05, 3.63) is 94.5 Å². The van der Waals surface area contributed by atoms with Gasteiger partial charge in [0.15, 0.2) is 0 Å². The number of carboxylic acid groups (broad SMARTS) is 1. The Morgan fingerprint density at radius 1 is 1.00 bits per heavy atom. The SMILES string of the molecule is CON=C(COc1ccc(COc2ccc(C(C#N)CC(=O)O)cc2)cc1)c1ccc2c(c1)CCC2. The molecule has 3 aromatic rings. The van der Waals surface area contributed by atoms with Crippen LogP contribution < -0.4 is 9.47 Å². The van der Waals surface area contributed by atoms with E-state index in [1.807, 2.05) is 30.3 Å². The van der Waals surface area contributed by atoms with E-state index in [9.17, 15) is 10.1 Å². The zero-order chi connectivity index (χ0) is 25.3. The minimum Gasteiger partial charge on any atom is -0.489 e. The number of rotatable bonds is 11. The molecular formula is C29H28N2O5. The first-order chi connectivity index (χ1) is 17.6. The molecule has 0 amide bonds. The molecule has 1 aliphatic carbocycles. The number of hydrogen-bond donors (Lipinski definition) is 1. The summed E-state index contributed by atoms with van der Waals surface area (Å²) in [4.78, 5) is 16.0. The van der Waals surface area contributed by atoms with Gasteiger partial charge in [0.2, 0.25) is 0 Å². The van der Waals surface area contributed by atoms with Gasteiger partial charge in [-0.05, 0) is 71.8 Å². The van der Waals surface area contributed by atoms with Crippen LogP contribution in [0.25, 0.3) is 0 Å². The van der Waals surface area contributed by atoms with Crippen LogP contribution in [0.2, 0.25) is 0 Å². The lowest BCUT2D eigenvalue weighted by Crippen LogP contribution is -2.14. The summed E-state index contributed by atoms with van der Waals surface area (Å²) >= 11 is 0. The number of aliphatic carboxylic acids is 1. The van der Waals surface area contributed by atoms with E-state index in [4.69, 9.17) is 19.4 Å². The van der Waals surface area contributed by atoms with Crippen LogP contribution in [0.5, 0.6) is 11.5 Å². The van der Waals surface area contributed by atoms with E-state index in [2.05, 4.69) is 23.4 Å². The Morgan fingerprint density at radius 2 is 1.69 bits per heavy atom. The van der Waals surface area contributed by atoms with Gasteiger partial charge in [0, 0.05) is 5.56 Å². The van der Waals surface area contributed by atoms with Gasteiger partial charge >= 0.3 is 5.97 Å². The highest BCUT2D eigenvalue weighted by Crippen LogP contribution is 2.24. The summed E-state index contributed by atoms with van der Waals surface area (Å²) in [5.74, 6) is -0.323. The fourth-order valence-corrected chi connectivity index (χ4v) is 4.23.